The molecule has 0 unspecified atom stereocenters. The van der Waals surface area contributed by atoms with Gasteiger partial charge in [-0.3, -0.25) is 0 Å². The van der Waals surface area contributed by atoms with Crippen molar-refractivity contribution in [3.63, 3.8) is 0 Å². The normalized spacial score (nSPS) is 14.5. The smallest absolute Gasteiger partial charge is 0.135 e. The average Bonchev–Trinajstić information content (AvgIpc) is 2.38. The molecule has 0 atom stereocenters. The molecule has 0 aliphatic carbocycles. The molecule has 0 saturated heterocycles. The van der Waals surface area contributed by atoms with Crippen LogP contribution in [0.1, 0.15) is 23.5 Å². The van der Waals surface area contributed by atoms with Crippen LogP contribution < -0.4 is 5.32 Å². The van der Waals surface area contributed by atoms with Crippen molar-refractivity contribution in [2.24, 2.45) is 0 Å². The summed E-state index contributed by atoms with van der Waals surface area (Å²) >= 11 is 0. The van der Waals surface area contributed by atoms with Crippen molar-refractivity contribution in [1.82, 2.24) is 9.97 Å². The number of anilines is 1. The third-order valence-corrected chi connectivity index (χ3v) is 2.85. The Morgan fingerprint density at radius 1 is 1.41 bits per heavy atom. The molecule has 1 aliphatic rings. The van der Waals surface area contributed by atoms with Crippen LogP contribution in [0.15, 0.2) is 0 Å². The van der Waals surface area contributed by atoms with Gasteiger partial charge in [-0.05, 0) is 6.42 Å². The predicted octanol–water partition coefficient (Wildman–Crippen LogP) is 1.17. The third-order valence-electron chi connectivity index (χ3n) is 2.85. The lowest BCUT2D eigenvalue weighted by atomic mass is 10.1. The summed E-state index contributed by atoms with van der Waals surface area (Å²) in [6, 6.07) is 0. The fourth-order valence-corrected chi connectivity index (χ4v) is 1.98. The van der Waals surface area contributed by atoms with E-state index in [-0.39, 0.29) is 0 Å². The largest absolute Gasteiger partial charge is 0.385 e. The maximum atomic E-state index is 5.44. The first kappa shape index (κ1) is 12.3. The molecular weight excluding hydrogens is 218 g/mol. The zero-order valence-corrected chi connectivity index (χ0v) is 10.5. The van der Waals surface area contributed by atoms with Gasteiger partial charge in [-0.15, -0.1) is 0 Å². The summed E-state index contributed by atoms with van der Waals surface area (Å²) in [5.74, 6) is 1.80. The second kappa shape index (κ2) is 5.93. The minimum Gasteiger partial charge on any atom is -0.385 e. The fourth-order valence-electron chi connectivity index (χ4n) is 1.98. The summed E-state index contributed by atoms with van der Waals surface area (Å²) in [7, 11) is 3.60. The van der Waals surface area contributed by atoms with Gasteiger partial charge in [0.25, 0.3) is 0 Å². The molecule has 5 nitrogen and oxygen atoms in total. The molecule has 1 N–H and O–H groups in total. The number of ether oxygens (including phenoxy) is 2. The van der Waals surface area contributed by atoms with Crippen molar-refractivity contribution >= 4 is 5.82 Å². The number of aromatic nitrogens is 2. The zero-order chi connectivity index (χ0) is 12.1. The van der Waals surface area contributed by atoms with Gasteiger partial charge in [-0.2, -0.15) is 0 Å². The Morgan fingerprint density at radius 3 is 3.06 bits per heavy atom. The highest BCUT2D eigenvalue weighted by Crippen LogP contribution is 2.22. The summed E-state index contributed by atoms with van der Waals surface area (Å²) in [6.07, 6.45) is 2.69. The minimum absolute atomic E-state index is 0.615. The van der Waals surface area contributed by atoms with E-state index in [0.717, 1.165) is 55.4 Å². The van der Waals surface area contributed by atoms with Gasteiger partial charge >= 0.3 is 0 Å². The van der Waals surface area contributed by atoms with Crippen LogP contribution in [0.5, 0.6) is 0 Å². The van der Waals surface area contributed by atoms with E-state index in [9.17, 15) is 0 Å². The number of hydrogen-bond donors (Lipinski definition) is 1. The Balaban J connectivity index is 2.17. The first-order valence-electron chi connectivity index (χ1n) is 5.98. The summed E-state index contributed by atoms with van der Waals surface area (Å²) in [4.78, 5) is 9.13. The molecule has 94 valence electrons. The third kappa shape index (κ3) is 2.92. The van der Waals surface area contributed by atoms with E-state index in [0.29, 0.717) is 6.61 Å². The van der Waals surface area contributed by atoms with Crippen molar-refractivity contribution in [1.29, 1.82) is 0 Å². The lowest BCUT2D eigenvalue weighted by Crippen LogP contribution is -2.17. The number of nitrogens with zero attached hydrogens (tertiary/aromatic N) is 2. The second-order valence-electron chi connectivity index (χ2n) is 4.06. The highest BCUT2D eigenvalue weighted by Gasteiger charge is 2.17. The number of hydrogen-bond acceptors (Lipinski definition) is 5. The maximum absolute atomic E-state index is 5.44. The monoisotopic (exact) mass is 237 g/mol. The fraction of sp³-hybridized carbons (Fsp3) is 0.667. The Morgan fingerprint density at radius 2 is 2.29 bits per heavy atom. The Hall–Kier alpha value is -1.20. The summed E-state index contributed by atoms with van der Waals surface area (Å²) < 4.78 is 10.5. The van der Waals surface area contributed by atoms with Gasteiger partial charge in [0.2, 0.25) is 0 Å². The van der Waals surface area contributed by atoms with E-state index in [2.05, 4.69) is 15.3 Å². The van der Waals surface area contributed by atoms with Gasteiger partial charge < -0.3 is 14.8 Å². The summed E-state index contributed by atoms with van der Waals surface area (Å²) in [6.45, 7) is 2.12. The van der Waals surface area contributed by atoms with Gasteiger partial charge in [-0.1, -0.05) is 0 Å². The second-order valence-corrected chi connectivity index (χ2v) is 4.06. The molecule has 0 amide bonds. The van der Waals surface area contributed by atoms with Crippen LogP contribution in [0.2, 0.25) is 0 Å². The standard InChI is InChI=1S/C12H19N3O2/c1-13-12-9-8-17-7-5-10(9)14-11(15-12)4-3-6-16-2/h3-8H2,1-2H3,(H,13,14,15). The highest BCUT2D eigenvalue weighted by atomic mass is 16.5. The van der Waals surface area contributed by atoms with Crippen LogP contribution in [0.4, 0.5) is 5.82 Å². The molecule has 1 aliphatic heterocycles. The number of fused-ring (bicyclic) bond motifs is 1. The molecule has 1 aromatic heterocycles. The van der Waals surface area contributed by atoms with Gasteiger partial charge in [0, 0.05) is 39.2 Å². The van der Waals surface area contributed by atoms with Crippen molar-refractivity contribution < 1.29 is 9.47 Å². The van der Waals surface area contributed by atoms with Gasteiger partial charge in [0.05, 0.1) is 18.9 Å². The van der Waals surface area contributed by atoms with Gasteiger partial charge in [0.15, 0.2) is 0 Å². The van der Waals surface area contributed by atoms with Gasteiger partial charge in [-0.25, -0.2) is 9.97 Å². The van der Waals surface area contributed by atoms with Crippen LogP contribution in [-0.2, 0) is 28.9 Å². The van der Waals surface area contributed by atoms with Crippen molar-refractivity contribution in [3.8, 4) is 0 Å². The van der Waals surface area contributed by atoms with E-state index in [4.69, 9.17) is 9.47 Å². The Kier molecular flexibility index (Phi) is 4.28. The maximum Gasteiger partial charge on any atom is 0.135 e. The van der Waals surface area contributed by atoms with Crippen molar-refractivity contribution in [2.45, 2.75) is 25.9 Å². The molecule has 5 heteroatoms. The molecule has 0 bridgehead atoms. The summed E-state index contributed by atoms with van der Waals surface area (Å²) in [5.41, 5.74) is 2.23. The minimum atomic E-state index is 0.615. The zero-order valence-electron chi connectivity index (χ0n) is 10.5. The first-order chi connectivity index (χ1) is 8.35. The van der Waals surface area contributed by atoms with Crippen LogP contribution >= 0.6 is 0 Å². The molecule has 2 heterocycles. The van der Waals surface area contributed by atoms with E-state index in [1.807, 2.05) is 7.05 Å². The van der Waals surface area contributed by atoms with Gasteiger partial charge in [0.1, 0.15) is 11.6 Å². The highest BCUT2D eigenvalue weighted by molar-refractivity contribution is 5.46. The average molecular weight is 237 g/mol. The Labute approximate surface area is 102 Å². The molecule has 1 aromatic rings. The lowest BCUT2D eigenvalue weighted by molar-refractivity contribution is 0.109. The quantitative estimate of drug-likeness (QED) is 0.779. The molecule has 0 spiro atoms. The number of methoxy groups -OCH3 is 1. The van der Waals surface area contributed by atoms with E-state index < -0.39 is 0 Å². The number of nitrogens with one attached hydrogen (secondary N) is 1. The van der Waals surface area contributed by atoms with E-state index >= 15 is 0 Å². The molecule has 0 saturated carbocycles. The topological polar surface area (TPSA) is 56.3 Å². The van der Waals surface area contributed by atoms with Crippen molar-refractivity contribution in [2.75, 3.05) is 32.7 Å². The van der Waals surface area contributed by atoms with Crippen LogP contribution in [0, 0.1) is 0 Å². The number of aryl methyl sites for hydroxylation is 1. The summed E-state index contributed by atoms with van der Waals surface area (Å²) in [5, 5.41) is 3.12. The SMILES string of the molecule is CNc1nc(CCCOC)nc2c1COCC2. The lowest BCUT2D eigenvalue weighted by Gasteiger charge is -2.19. The molecule has 17 heavy (non-hydrogen) atoms. The van der Waals surface area contributed by atoms with E-state index in [1.54, 1.807) is 7.11 Å². The first-order valence-corrected chi connectivity index (χ1v) is 5.98. The van der Waals surface area contributed by atoms with E-state index in [1.165, 1.54) is 0 Å². The van der Waals surface area contributed by atoms with Crippen LogP contribution in [-0.4, -0.2) is 37.3 Å². The molecule has 0 aromatic carbocycles. The molecule has 2 rings (SSSR count). The van der Waals surface area contributed by atoms with Crippen molar-refractivity contribution in [3.05, 3.63) is 17.1 Å². The predicted molar refractivity (Wildman–Crippen MR) is 65.1 cm³/mol. The van der Waals surface area contributed by atoms with Crippen LogP contribution in [0.25, 0.3) is 0 Å². The van der Waals surface area contributed by atoms with Crippen LogP contribution in [0.3, 0.4) is 0 Å². The Bertz CT molecular complexity index is 365. The molecule has 0 radical (unpaired) electrons. The number of rotatable bonds is 5. The molecular formula is C12H19N3O2. The molecule has 0 fully saturated rings.